The van der Waals surface area contributed by atoms with Gasteiger partial charge >= 0.3 is 0 Å². The van der Waals surface area contributed by atoms with Crippen molar-refractivity contribution in [3.05, 3.63) is 0 Å². The number of likely N-dealkylation sites (tertiary alicyclic amines) is 2. The van der Waals surface area contributed by atoms with Crippen LogP contribution in [0.25, 0.3) is 0 Å². The zero-order chi connectivity index (χ0) is 13.8. The van der Waals surface area contributed by atoms with E-state index in [0.717, 1.165) is 24.9 Å². The minimum atomic E-state index is 0.373. The molecule has 2 heterocycles. The lowest BCUT2D eigenvalue weighted by molar-refractivity contribution is -0.133. The molecule has 2 aliphatic rings. The van der Waals surface area contributed by atoms with Gasteiger partial charge in [-0.25, -0.2) is 0 Å². The van der Waals surface area contributed by atoms with Gasteiger partial charge in [0.25, 0.3) is 0 Å². The van der Waals surface area contributed by atoms with E-state index >= 15 is 0 Å². The molecule has 2 saturated heterocycles. The summed E-state index contributed by atoms with van der Waals surface area (Å²) in [5.41, 5.74) is 0. The van der Waals surface area contributed by atoms with Gasteiger partial charge in [-0.05, 0) is 57.5 Å². The average molecular weight is 266 g/mol. The largest absolute Gasteiger partial charge is 0.343 e. The van der Waals surface area contributed by atoms with Crippen molar-refractivity contribution in [2.24, 2.45) is 11.8 Å². The smallest absolute Gasteiger partial charge is 0.224 e. The van der Waals surface area contributed by atoms with E-state index < -0.39 is 0 Å². The van der Waals surface area contributed by atoms with Gasteiger partial charge in [0.1, 0.15) is 0 Å². The summed E-state index contributed by atoms with van der Waals surface area (Å²) in [6.45, 7) is 11.1. The fourth-order valence-electron chi connectivity index (χ4n) is 3.24. The van der Waals surface area contributed by atoms with Crippen LogP contribution in [0.3, 0.4) is 0 Å². The van der Waals surface area contributed by atoms with E-state index in [1.54, 1.807) is 0 Å². The first-order valence-electron chi connectivity index (χ1n) is 8.08. The third-order valence-corrected chi connectivity index (χ3v) is 5.05. The monoisotopic (exact) mass is 266 g/mol. The molecule has 0 aromatic rings. The maximum Gasteiger partial charge on any atom is 0.224 e. The highest BCUT2D eigenvalue weighted by Crippen LogP contribution is 2.21. The van der Waals surface area contributed by atoms with Crippen molar-refractivity contribution in [1.29, 1.82) is 0 Å². The molecule has 2 fully saturated rings. The predicted molar refractivity (Wildman–Crippen MR) is 79.0 cm³/mol. The zero-order valence-corrected chi connectivity index (χ0v) is 12.9. The van der Waals surface area contributed by atoms with Crippen LogP contribution in [0.2, 0.25) is 0 Å². The molecular weight excluding hydrogens is 236 g/mol. The molecule has 2 rings (SSSR count). The molecule has 0 spiro atoms. The fourth-order valence-corrected chi connectivity index (χ4v) is 3.24. The SMILES string of the molecule is CC1CCN(C(=O)CC(C)N2CCC(C)CC2)CC1. The minimum absolute atomic E-state index is 0.373. The Kier molecular flexibility index (Phi) is 5.26. The first-order chi connectivity index (χ1) is 9.06. The lowest BCUT2D eigenvalue weighted by atomic mass is 9.96. The number of carbonyl (C=O) groups excluding carboxylic acids is 1. The van der Waals surface area contributed by atoms with Gasteiger partial charge in [-0.2, -0.15) is 0 Å². The van der Waals surface area contributed by atoms with Crippen LogP contribution in [0, 0.1) is 11.8 Å². The van der Waals surface area contributed by atoms with Gasteiger partial charge in [-0.1, -0.05) is 13.8 Å². The van der Waals surface area contributed by atoms with Crippen LogP contribution in [-0.4, -0.2) is 47.9 Å². The second kappa shape index (κ2) is 6.74. The summed E-state index contributed by atoms with van der Waals surface area (Å²) < 4.78 is 0. The van der Waals surface area contributed by atoms with E-state index in [9.17, 15) is 4.79 Å². The molecule has 0 aliphatic carbocycles. The van der Waals surface area contributed by atoms with Crippen LogP contribution in [0.15, 0.2) is 0 Å². The van der Waals surface area contributed by atoms with Crippen LogP contribution in [0.1, 0.15) is 52.9 Å². The van der Waals surface area contributed by atoms with Gasteiger partial charge < -0.3 is 9.80 Å². The van der Waals surface area contributed by atoms with Crippen LogP contribution in [0.5, 0.6) is 0 Å². The van der Waals surface area contributed by atoms with Gasteiger partial charge in [-0.3, -0.25) is 4.79 Å². The molecular formula is C16H30N2O. The molecule has 0 bridgehead atoms. The van der Waals surface area contributed by atoms with Crippen LogP contribution in [0.4, 0.5) is 0 Å². The Labute approximate surface area is 118 Å². The first-order valence-corrected chi connectivity index (χ1v) is 8.08. The molecule has 0 aromatic carbocycles. The standard InChI is InChI=1S/C16H30N2O/c1-13-4-8-17(9-5-13)15(3)12-16(19)18-10-6-14(2)7-11-18/h13-15H,4-12H2,1-3H3. The van der Waals surface area contributed by atoms with E-state index in [2.05, 4.69) is 30.6 Å². The second-order valence-electron chi connectivity index (χ2n) is 6.83. The summed E-state index contributed by atoms with van der Waals surface area (Å²) in [6.07, 6.45) is 5.66. The van der Waals surface area contributed by atoms with Gasteiger partial charge in [0.05, 0.1) is 0 Å². The molecule has 0 saturated carbocycles. The van der Waals surface area contributed by atoms with Gasteiger partial charge in [0, 0.05) is 25.6 Å². The topological polar surface area (TPSA) is 23.6 Å². The molecule has 3 nitrogen and oxygen atoms in total. The van der Waals surface area contributed by atoms with E-state index in [0.29, 0.717) is 18.4 Å². The number of piperidine rings is 2. The quantitative estimate of drug-likeness (QED) is 0.784. The molecule has 110 valence electrons. The fraction of sp³-hybridized carbons (Fsp3) is 0.938. The predicted octanol–water partition coefficient (Wildman–Crippen LogP) is 2.76. The minimum Gasteiger partial charge on any atom is -0.343 e. The number of hydrogen-bond donors (Lipinski definition) is 0. The number of carbonyl (C=O) groups is 1. The molecule has 19 heavy (non-hydrogen) atoms. The van der Waals surface area contributed by atoms with E-state index in [1.165, 1.54) is 38.8 Å². The van der Waals surface area contributed by atoms with Crippen molar-refractivity contribution in [2.45, 2.75) is 58.9 Å². The van der Waals surface area contributed by atoms with E-state index in [1.807, 2.05) is 0 Å². The highest BCUT2D eigenvalue weighted by molar-refractivity contribution is 5.76. The maximum atomic E-state index is 12.3. The van der Waals surface area contributed by atoms with Crippen molar-refractivity contribution >= 4 is 5.91 Å². The summed E-state index contributed by atoms with van der Waals surface area (Å²) in [5, 5.41) is 0. The Bertz CT molecular complexity index is 289. The highest BCUT2D eigenvalue weighted by Gasteiger charge is 2.25. The summed E-state index contributed by atoms with van der Waals surface area (Å²) >= 11 is 0. The van der Waals surface area contributed by atoms with E-state index in [-0.39, 0.29) is 0 Å². The number of hydrogen-bond acceptors (Lipinski definition) is 2. The van der Waals surface area contributed by atoms with E-state index in [4.69, 9.17) is 0 Å². The second-order valence-corrected chi connectivity index (χ2v) is 6.83. The number of amides is 1. The number of nitrogens with zero attached hydrogens (tertiary/aromatic N) is 2. The first kappa shape index (κ1) is 14.8. The lowest BCUT2D eigenvalue weighted by Gasteiger charge is -2.36. The molecule has 0 aromatic heterocycles. The van der Waals surface area contributed by atoms with Crippen LogP contribution < -0.4 is 0 Å². The van der Waals surface area contributed by atoms with Crippen molar-refractivity contribution < 1.29 is 4.79 Å². The highest BCUT2D eigenvalue weighted by atomic mass is 16.2. The lowest BCUT2D eigenvalue weighted by Crippen LogP contribution is -2.44. The Morgan fingerprint density at radius 1 is 1.00 bits per heavy atom. The number of rotatable bonds is 3. The average Bonchev–Trinajstić information content (AvgIpc) is 2.40. The normalized spacial score (nSPS) is 25.5. The molecule has 0 N–H and O–H groups in total. The summed E-state index contributed by atoms with van der Waals surface area (Å²) in [5.74, 6) is 2.03. The molecule has 1 amide bonds. The summed E-state index contributed by atoms with van der Waals surface area (Å²) in [4.78, 5) is 16.9. The van der Waals surface area contributed by atoms with Crippen LogP contribution >= 0.6 is 0 Å². The Hall–Kier alpha value is -0.570. The van der Waals surface area contributed by atoms with Gasteiger partial charge in [0.2, 0.25) is 5.91 Å². The molecule has 3 heteroatoms. The summed E-state index contributed by atoms with van der Waals surface area (Å²) in [7, 11) is 0. The third kappa shape index (κ3) is 4.20. The molecule has 1 atom stereocenters. The molecule has 2 aliphatic heterocycles. The zero-order valence-electron chi connectivity index (χ0n) is 12.9. The molecule has 0 radical (unpaired) electrons. The van der Waals surface area contributed by atoms with Crippen molar-refractivity contribution in [2.75, 3.05) is 26.2 Å². The maximum absolute atomic E-state index is 12.3. The Morgan fingerprint density at radius 3 is 2.00 bits per heavy atom. The van der Waals surface area contributed by atoms with Gasteiger partial charge in [0.15, 0.2) is 0 Å². The van der Waals surface area contributed by atoms with Crippen molar-refractivity contribution in [1.82, 2.24) is 9.80 Å². The van der Waals surface area contributed by atoms with Gasteiger partial charge in [-0.15, -0.1) is 0 Å². The Balaban J connectivity index is 1.75. The third-order valence-electron chi connectivity index (χ3n) is 5.05. The van der Waals surface area contributed by atoms with Crippen molar-refractivity contribution in [3.8, 4) is 0 Å². The Morgan fingerprint density at radius 2 is 1.47 bits per heavy atom. The van der Waals surface area contributed by atoms with Crippen LogP contribution in [-0.2, 0) is 4.79 Å². The van der Waals surface area contributed by atoms with Crippen molar-refractivity contribution in [3.63, 3.8) is 0 Å². The summed E-state index contributed by atoms with van der Waals surface area (Å²) in [6, 6.07) is 0.416. The molecule has 1 unspecified atom stereocenters.